The van der Waals surface area contributed by atoms with Crippen LogP contribution in [0.5, 0.6) is 0 Å². The maximum absolute atomic E-state index is 12.9. The molecule has 1 heterocycles. The van der Waals surface area contributed by atoms with Gasteiger partial charge < -0.3 is 4.57 Å². The fourth-order valence-electron chi connectivity index (χ4n) is 2.52. The van der Waals surface area contributed by atoms with Crippen molar-refractivity contribution < 1.29 is 12.8 Å². The lowest BCUT2D eigenvalue weighted by molar-refractivity contribution is 0.600. The number of sulfonamides is 1. The number of nitrogens with zero attached hydrogens (tertiary/aromatic N) is 2. The Labute approximate surface area is 140 Å². The molecule has 0 saturated heterocycles. The average Bonchev–Trinajstić information content (AvgIpc) is 2.92. The molecule has 0 aliphatic rings. The molecule has 0 atom stereocenters. The van der Waals surface area contributed by atoms with Gasteiger partial charge in [-0.3, -0.25) is 4.72 Å². The van der Waals surface area contributed by atoms with Crippen LogP contribution in [0.2, 0.25) is 0 Å². The number of fused-ring (bicyclic) bond motifs is 1. The van der Waals surface area contributed by atoms with Gasteiger partial charge in [0.25, 0.3) is 0 Å². The van der Waals surface area contributed by atoms with Crippen LogP contribution < -0.4 is 4.72 Å². The Morgan fingerprint density at radius 2 is 1.88 bits per heavy atom. The van der Waals surface area contributed by atoms with Crippen molar-refractivity contribution in [2.24, 2.45) is 0 Å². The van der Waals surface area contributed by atoms with E-state index in [-0.39, 0.29) is 11.8 Å². The molecule has 0 amide bonds. The van der Waals surface area contributed by atoms with Gasteiger partial charge in [-0.25, -0.2) is 17.8 Å². The van der Waals surface area contributed by atoms with Crippen molar-refractivity contribution in [3.63, 3.8) is 0 Å². The quantitative estimate of drug-likeness (QED) is 0.765. The average molecular weight is 347 g/mol. The molecule has 0 radical (unpaired) electrons. The molecule has 0 bridgehead atoms. The van der Waals surface area contributed by atoms with Gasteiger partial charge in [-0.2, -0.15) is 0 Å². The first-order valence-corrected chi connectivity index (χ1v) is 9.21. The number of benzene rings is 2. The summed E-state index contributed by atoms with van der Waals surface area (Å²) in [5.74, 6) is -0.610. The lowest BCUT2D eigenvalue weighted by Crippen LogP contribution is -2.15. The molecule has 0 spiro atoms. The van der Waals surface area contributed by atoms with E-state index in [1.165, 1.54) is 24.3 Å². The Morgan fingerprint density at radius 1 is 1.17 bits per heavy atom. The van der Waals surface area contributed by atoms with Gasteiger partial charge in [0, 0.05) is 6.04 Å². The second-order valence-corrected chi connectivity index (χ2v) is 7.66. The van der Waals surface area contributed by atoms with Gasteiger partial charge in [0.2, 0.25) is 10.0 Å². The Kier molecular flexibility index (Phi) is 4.28. The molecule has 3 rings (SSSR count). The molecular weight excluding hydrogens is 329 g/mol. The Bertz CT molecular complexity index is 963. The monoisotopic (exact) mass is 347 g/mol. The van der Waals surface area contributed by atoms with Gasteiger partial charge in [0.1, 0.15) is 5.82 Å². The van der Waals surface area contributed by atoms with E-state index in [1.54, 1.807) is 18.5 Å². The fourth-order valence-corrected chi connectivity index (χ4v) is 3.71. The van der Waals surface area contributed by atoms with Crippen molar-refractivity contribution in [3.8, 4) is 0 Å². The zero-order valence-electron chi connectivity index (χ0n) is 13.4. The molecular formula is C17H18FN3O2S. The van der Waals surface area contributed by atoms with Crippen LogP contribution >= 0.6 is 0 Å². The van der Waals surface area contributed by atoms with Crippen LogP contribution in [0.25, 0.3) is 11.0 Å². The van der Waals surface area contributed by atoms with E-state index >= 15 is 0 Å². The van der Waals surface area contributed by atoms with Crippen molar-refractivity contribution in [2.45, 2.75) is 25.6 Å². The summed E-state index contributed by atoms with van der Waals surface area (Å²) in [5.41, 5.74) is 2.66. The van der Waals surface area contributed by atoms with E-state index in [0.29, 0.717) is 11.3 Å². The molecule has 1 N–H and O–H groups in total. The maximum Gasteiger partial charge on any atom is 0.236 e. The molecule has 0 unspecified atom stereocenters. The summed E-state index contributed by atoms with van der Waals surface area (Å²) >= 11 is 0. The molecule has 3 aromatic rings. The lowest BCUT2D eigenvalue weighted by atomic mass is 10.2. The van der Waals surface area contributed by atoms with Crippen LogP contribution in [0.4, 0.5) is 10.1 Å². The highest BCUT2D eigenvalue weighted by Crippen LogP contribution is 2.22. The van der Waals surface area contributed by atoms with Crippen LogP contribution in [-0.4, -0.2) is 18.0 Å². The van der Waals surface area contributed by atoms with Crippen LogP contribution in [0, 0.1) is 5.82 Å². The van der Waals surface area contributed by atoms with Crippen molar-refractivity contribution in [2.75, 3.05) is 4.72 Å². The van der Waals surface area contributed by atoms with Gasteiger partial charge in [0.05, 0.1) is 28.8 Å². The number of aromatic nitrogens is 2. The van der Waals surface area contributed by atoms with E-state index in [4.69, 9.17) is 0 Å². The van der Waals surface area contributed by atoms with Gasteiger partial charge in [-0.15, -0.1) is 0 Å². The summed E-state index contributed by atoms with van der Waals surface area (Å²) in [6, 6.07) is 10.9. The molecule has 5 nitrogen and oxygen atoms in total. The summed E-state index contributed by atoms with van der Waals surface area (Å²) < 4.78 is 42.0. The fraction of sp³-hybridized carbons (Fsp3) is 0.235. The van der Waals surface area contributed by atoms with Crippen LogP contribution in [0.3, 0.4) is 0 Å². The summed E-state index contributed by atoms with van der Waals surface area (Å²) in [6.45, 7) is 4.11. The first-order valence-electron chi connectivity index (χ1n) is 7.55. The maximum atomic E-state index is 12.9. The first kappa shape index (κ1) is 16.4. The van der Waals surface area contributed by atoms with Crippen LogP contribution in [0.1, 0.15) is 25.5 Å². The number of halogens is 1. The predicted molar refractivity (Wildman–Crippen MR) is 92.8 cm³/mol. The predicted octanol–water partition coefficient (Wildman–Crippen LogP) is 3.70. The number of hydrogen-bond acceptors (Lipinski definition) is 3. The van der Waals surface area contributed by atoms with Crippen molar-refractivity contribution in [1.29, 1.82) is 0 Å². The summed E-state index contributed by atoms with van der Waals surface area (Å²) in [6.07, 6.45) is 1.74. The third kappa shape index (κ3) is 3.56. The van der Waals surface area contributed by atoms with Crippen molar-refractivity contribution in [3.05, 3.63) is 60.2 Å². The molecule has 0 aliphatic carbocycles. The smallest absolute Gasteiger partial charge is 0.236 e. The third-order valence-electron chi connectivity index (χ3n) is 3.67. The molecule has 24 heavy (non-hydrogen) atoms. The van der Waals surface area contributed by atoms with E-state index < -0.39 is 15.8 Å². The first-order chi connectivity index (χ1) is 11.3. The van der Waals surface area contributed by atoms with Crippen molar-refractivity contribution >= 4 is 26.7 Å². The van der Waals surface area contributed by atoms with Crippen LogP contribution in [-0.2, 0) is 15.8 Å². The van der Waals surface area contributed by atoms with Gasteiger partial charge in [-0.05, 0) is 49.7 Å². The minimum Gasteiger partial charge on any atom is -0.328 e. The lowest BCUT2D eigenvalue weighted by Gasteiger charge is -2.10. The molecule has 0 aliphatic heterocycles. The molecule has 1 aromatic heterocycles. The van der Waals surface area contributed by atoms with E-state index in [0.717, 1.165) is 11.0 Å². The molecule has 7 heteroatoms. The number of nitrogens with one attached hydrogen (secondary N) is 1. The van der Waals surface area contributed by atoms with E-state index in [9.17, 15) is 12.8 Å². The third-order valence-corrected chi connectivity index (χ3v) is 4.93. The Balaban J connectivity index is 1.81. The summed E-state index contributed by atoms with van der Waals surface area (Å²) in [7, 11) is -3.59. The highest BCUT2D eigenvalue weighted by atomic mass is 32.2. The summed E-state index contributed by atoms with van der Waals surface area (Å²) in [5, 5.41) is 0. The molecule has 2 aromatic carbocycles. The number of hydrogen-bond donors (Lipinski definition) is 1. The Hall–Kier alpha value is -2.41. The van der Waals surface area contributed by atoms with Gasteiger partial charge >= 0.3 is 0 Å². The minimum atomic E-state index is -3.59. The largest absolute Gasteiger partial charge is 0.328 e. The Morgan fingerprint density at radius 3 is 2.54 bits per heavy atom. The van der Waals surface area contributed by atoms with Crippen LogP contribution in [0.15, 0.2) is 48.8 Å². The highest BCUT2D eigenvalue weighted by molar-refractivity contribution is 7.91. The highest BCUT2D eigenvalue weighted by Gasteiger charge is 2.13. The number of rotatable bonds is 5. The second-order valence-electron chi connectivity index (χ2n) is 5.94. The zero-order chi connectivity index (χ0) is 17.3. The number of imidazole rings is 1. The molecule has 0 saturated carbocycles. The minimum absolute atomic E-state index is 0.217. The number of anilines is 1. The SMILES string of the molecule is CC(C)n1cnc2cc(NS(=O)(=O)Cc3ccc(F)cc3)ccc21. The van der Waals surface area contributed by atoms with E-state index in [1.807, 2.05) is 10.6 Å². The second kappa shape index (κ2) is 6.24. The molecule has 126 valence electrons. The van der Waals surface area contributed by atoms with Gasteiger partial charge in [-0.1, -0.05) is 12.1 Å². The topological polar surface area (TPSA) is 64.0 Å². The molecule has 0 fully saturated rings. The zero-order valence-corrected chi connectivity index (χ0v) is 14.2. The van der Waals surface area contributed by atoms with E-state index in [2.05, 4.69) is 23.6 Å². The normalized spacial score (nSPS) is 12.0. The standard InChI is InChI=1S/C17H18FN3O2S/c1-12(2)21-11-19-16-9-15(7-8-17(16)21)20-24(22,23)10-13-3-5-14(18)6-4-13/h3-9,11-12,20H,10H2,1-2H3. The van der Waals surface area contributed by atoms with Gasteiger partial charge in [0.15, 0.2) is 0 Å². The summed E-state index contributed by atoms with van der Waals surface area (Å²) in [4.78, 5) is 4.31. The van der Waals surface area contributed by atoms with Crippen molar-refractivity contribution in [1.82, 2.24) is 9.55 Å².